The molecule has 0 aromatic carbocycles. The van der Waals surface area contributed by atoms with Gasteiger partial charge in [0.15, 0.2) is 0 Å². The molecular weight excluding hydrogens is 136 g/mol. The van der Waals surface area contributed by atoms with E-state index in [9.17, 15) is 0 Å². The fourth-order valence-corrected chi connectivity index (χ4v) is 1.23. The summed E-state index contributed by atoms with van der Waals surface area (Å²) in [7, 11) is 4.38. The molecule has 0 N–H and O–H groups in total. The summed E-state index contributed by atoms with van der Waals surface area (Å²) >= 11 is 0. The Bertz CT molecular complexity index is 93.6. The van der Waals surface area contributed by atoms with E-state index in [4.69, 9.17) is 0 Å². The molecule has 1 saturated heterocycles. The Balaban J connectivity index is 0.000000461. The van der Waals surface area contributed by atoms with Gasteiger partial charge in [-0.1, -0.05) is 13.8 Å². The molecule has 1 aliphatic rings. The van der Waals surface area contributed by atoms with Gasteiger partial charge in [0.05, 0.1) is 0 Å². The maximum Gasteiger partial charge on any atom is 0.0192 e. The summed E-state index contributed by atoms with van der Waals surface area (Å²) in [6, 6.07) is 0.740. The van der Waals surface area contributed by atoms with E-state index in [1.165, 1.54) is 19.6 Å². The molecule has 2 heteroatoms. The van der Waals surface area contributed by atoms with Gasteiger partial charge in [-0.2, -0.15) is 0 Å². The van der Waals surface area contributed by atoms with Crippen molar-refractivity contribution in [3.8, 4) is 0 Å². The summed E-state index contributed by atoms with van der Waals surface area (Å²) in [4.78, 5) is 4.78. The molecule has 0 bridgehead atoms. The van der Waals surface area contributed by atoms with E-state index in [1.807, 2.05) is 13.8 Å². The summed E-state index contributed by atoms with van der Waals surface area (Å²) in [5.41, 5.74) is 0. The molecule has 68 valence electrons. The minimum Gasteiger partial charge on any atom is -0.304 e. The number of piperazine rings is 1. The fraction of sp³-hybridized carbons (Fsp3) is 1.00. The third-order valence-corrected chi connectivity index (χ3v) is 2.16. The van der Waals surface area contributed by atoms with Crippen molar-refractivity contribution in [2.24, 2.45) is 0 Å². The maximum absolute atomic E-state index is 2.40. The van der Waals surface area contributed by atoms with Gasteiger partial charge in [-0.3, -0.25) is 0 Å². The Hall–Kier alpha value is -0.0800. The van der Waals surface area contributed by atoms with Gasteiger partial charge in [0, 0.05) is 25.7 Å². The predicted molar refractivity (Wildman–Crippen MR) is 50.9 cm³/mol. The Morgan fingerprint density at radius 1 is 1.09 bits per heavy atom. The standard InChI is InChI=1S/C7H16N2.C2H6/c1-7-6-8(2)4-5-9(7)3;1-2/h7H,4-6H2,1-3H3;1-2H3/t7-;/m0./s1. The van der Waals surface area contributed by atoms with Gasteiger partial charge in [-0.05, 0) is 21.0 Å². The lowest BCUT2D eigenvalue weighted by atomic mass is 10.2. The SMILES string of the molecule is CC.C[C@H]1CN(C)CCN1C. The van der Waals surface area contributed by atoms with Crippen molar-refractivity contribution in [2.45, 2.75) is 26.8 Å². The second kappa shape index (κ2) is 5.56. The van der Waals surface area contributed by atoms with Gasteiger partial charge in [-0.15, -0.1) is 0 Å². The third-order valence-electron chi connectivity index (χ3n) is 2.16. The highest BCUT2D eigenvalue weighted by molar-refractivity contribution is 4.73. The largest absolute Gasteiger partial charge is 0.304 e. The van der Waals surface area contributed by atoms with E-state index in [-0.39, 0.29) is 0 Å². The van der Waals surface area contributed by atoms with Gasteiger partial charge < -0.3 is 9.80 Å². The van der Waals surface area contributed by atoms with Crippen molar-refractivity contribution in [2.75, 3.05) is 33.7 Å². The van der Waals surface area contributed by atoms with Crippen LogP contribution in [0.3, 0.4) is 0 Å². The van der Waals surface area contributed by atoms with Crippen LogP contribution in [-0.4, -0.2) is 49.6 Å². The lowest BCUT2D eigenvalue weighted by Crippen LogP contribution is -2.48. The molecule has 0 saturated carbocycles. The second-order valence-corrected chi connectivity index (χ2v) is 3.09. The van der Waals surface area contributed by atoms with Crippen molar-refractivity contribution in [3.63, 3.8) is 0 Å². The molecule has 0 amide bonds. The van der Waals surface area contributed by atoms with Crippen molar-refractivity contribution in [1.82, 2.24) is 9.80 Å². The summed E-state index contributed by atoms with van der Waals surface area (Å²) in [5.74, 6) is 0. The number of likely N-dealkylation sites (N-methyl/N-ethyl adjacent to an activating group) is 2. The van der Waals surface area contributed by atoms with Gasteiger partial charge in [0.1, 0.15) is 0 Å². The molecule has 1 fully saturated rings. The van der Waals surface area contributed by atoms with Gasteiger partial charge >= 0.3 is 0 Å². The van der Waals surface area contributed by atoms with Crippen molar-refractivity contribution in [1.29, 1.82) is 0 Å². The highest BCUT2D eigenvalue weighted by Crippen LogP contribution is 2.03. The van der Waals surface area contributed by atoms with Crippen LogP contribution in [0.5, 0.6) is 0 Å². The molecule has 0 aromatic heterocycles. The van der Waals surface area contributed by atoms with E-state index in [0.29, 0.717) is 0 Å². The molecule has 1 aliphatic heterocycles. The quantitative estimate of drug-likeness (QED) is 0.524. The van der Waals surface area contributed by atoms with Crippen LogP contribution in [0.15, 0.2) is 0 Å². The number of hydrogen-bond acceptors (Lipinski definition) is 2. The highest BCUT2D eigenvalue weighted by atomic mass is 15.3. The Morgan fingerprint density at radius 2 is 1.64 bits per heavy atom. The van der Waals surface area contributed by atoms with E-state index >= 15 is 0 Å². The molecule has 0 aromatic rings. The van der Waals surface area contributed by atoms with Crippen molar-refractivity contribution < 1.29 is 0 Å². The smallest absolute Gasteiger partial charge is 0.0192 e. The zero-order valence-electron chi connectivity index (χ0n) is 8.59. The zero-order chi connectivity index (χ0) is 8.85. The first-order valence-electron chi connectivity index (χ1n) is 4.59. The molecular formula is C9H22N2. The Labute approximate surface area is 71.2 Å². The van der Waals surface area contributed by atoms with Gasteiger partial charge in [-0.25, -0.2) is 0 Å². The topological polar surface area (TPSA) is 6.48 Å². The van der Waals surface area contributed by atoms with Gasteiger partial charge in [0.25, 0.3) is 0 Å². The number of nitrogens with zero attached hydrogens (tertiary/aromatic N) is 2. The van der Waals surface area contributed by atoms with Crippen LogP contribution in [0.2, 0.25) is 0 Å². The molecule has 0 spiro atoms. The second-order valence-electron chi connectivity index (χ2n) is 3.09. The predicted octanol–water partition coefficient (Wildman–Crippen LogP) is 1.28. The normalized spacial score (nSPS) is 27.5. The molecule has 0 radical (unpaired) electrons. The lowest BCUT2D eigenvalue weighted by Gasteiger charge is -2.35. The molecule has 1 rings (SSSR count). The van der Waals surface area contributed by atoms with Crippen LogP contribution in [-0.2, 0) is 0 Å². The average molecular weight is 158 g/mol. The van der Waals surface area contributed by atoms with E-state index in [1.54, 1.807) is 0 Å². The molecule has 1 atom stereocenters. The Morgan fingerprint density at radius 3 is 2.00 bits per heavy atom. The lowest BCUT2D eigenvalue weighted by molar-refractivity contribution is 0.125. The molecule has 1 heterocycles. The minimum atomic E-state index is 0.740. The van der Waals surface area contributed by atoms with Crippen LogP contribution in [0.25, 0.3) is 0 Å². The summed E-state index contributed by atoms with van der Waals surface area (Å²) in [5, 5.41) is 0. The van der Waals surface area contributed by atoms with Crippen LogP contribution in [0.4, 0.5) is 0 Å². The third kappa shape index (κ3) is 3.73. The first-order chi connectivity index (χ1) is 5.20. The molecule has 0 unspecified atom stereocenters. The maximum atomic E-state index is 2.40. The highest BCUT2D eigenvalue weighted by Gasteiger charge is 2.16. The zero-order valence-corrected chi connectivity index (χ0v) is 8.59. The first kappa shape index (κ1) is 10.9. The average Bonchev–Trinajstić information content (AvgIpc) is 2.02. The van der Waals surface area contributed by atoms with Crippen LogP contribution in [0, 0.1) is 0 Å². The van der Waals surface area contributed by atoms with Crippen LogP contribution in [0.1, 0.15) is 20.8 Å². The monoisotopic (exact) mass is 158 g/mol. The van der Waals surface area contributed by atoms with E-state index in [0.717, 1.165) is 6.04 Å². The molecule has 0 aliphatic carbocycles. The fourth-order valence-electron chi connectivity index (χ4n) is 1.23. The minimum absolute atomic E-state index is 0.740. The number of rotatable bonds is 0. The van der Waals surface area contributed by atoms with Crippen molar-refractivity contribution >= 4 is 0 Å². The summed E-state index contributed by atoms with van der Waals surface area (Å²) in [6.07, 6.45) is 0. The summed E-state index contributed by atoms with van der Waals surface area (Å²) in [6.45, 7) is 9.94. The molecule has 2 nitrogen and oxygen atoms in total. The Kier molecular flexibility index (Phi) is 5.51. The van der Waals surface area contributed by atoms with Crippen molar-refractivity contribution in [3.05, 3.63) is 0 Å². The van der Waals surface area contributed by atoms with E-state index in [2.05, 4.69) is 30.8 Å². The van der Waals surface area contributed by atoms with Gasteiger partial charge in [0.2, 0.25) is 0 Å². The summed E-state index contributed by atoms with van der Waals surface area (Å²) < 4.78 is 0. The first-order valence-corrected chi connectivity index (χ1v) is 4.59. The van der Waals surface area contributed by atoms with Crippen LogP contribution >= 0.6 is 0 Å². The van der Waals surface area contributed by atoms with Crippen LogP contribution < -0.4 is 0 Å². The molecule has 11 heavy (non-hydrogen) atoms. The van der Waals surface area contributed by atoms with E-state index < -0.39 is 0 Å². The number of hydrogen-bond donors (Lipinski definition) is 0.